The van der Waals surface area contributed by atoms with Gasteiger partial charge in [0.05, 0.1) is 10.5 Å². The van der Waals surface area contributed by atoms with Crippen molar-refractivity contribution in [3.05, 3.63) is 86.6 Å². The Morgan fingerprint density at radius 3 is 2.52 bits per heavy atom. The van der Waals surface area contributed by atoms with Crippen LogP contribution in [0, 0.1) is 42.2 Å². The minimum absolute atomic E-state index is 0.0137. The number of nitrogens with one attached hydrogen (secondary N) is 1. The number of nitro benzene ring substituents is 1. The molecule has 0 spiro atoms. The molecule has 158 valence electrons. The number of amides is 1. The molecule has 0 atom stereocenters. The van der Waals surface area contributed by atoms with Crippen LogP contribution in [0.15, 0.2) is 48.5 Å². The number of nitro groups is 1. The largest absolute Gasteiger partial charge is 0.484 e. The summed E-state index contributed by atoms with van der Waals surface area (Å²) in [6.07, 6.45) is 0. The highest BCUT2D eigenvalue weighted by atomic mass is 16.6. The molecule has 1 amide bonds. The highest BCUT2D eigenvalue weighted by Gasteiger charge is 2.20. The number of hydrogen-bond acceptors (Lipinski definition) is 5. The molecule has 0 saturated carbocycles. The van der Waals surface area contributed by atoms with E-state index in [1.807, 2.05) is 48.7 Å². The standard InChI is InChI=1S/C23H22N4O4/c1-15-11-19(9-10-21(15)27(29)30)31-14-22(28)25-23-20(12-24)16(2)17(3)26(23)13-18-7-5-4-6-8-18/h4-11H,13-14H2,1-3H3,(H,25,28). The maximum Gasteiger partial charge on any atom is 0.272 e. The lowest BCUT2D eigenvalue weighted by Gasteiger charge is -2.14. The zero-order valence-corrected chi connectivity index (χ0v) is 17.5. The summed E-state index contributed by atoms with van der Waals surface area (Å²) in [5, 5.41) is 23.3. The van der Waals surface area contributed by atoms with E-state index in [2.05, 4.69) is 11.4 Å². The summed E-state index contributed by atoms with van der Waals surface area (Å²) in [5.41, 5.74) is 3.58. The predicted molar refractivity (Wildman–Crippen MR) is 116 cm³/mol. The summed E-state index contributed by atoms with van der Waals surface area (Å²) >= 11 is 0. The fourth-order valence-electron chi connectivity index (χ4n) is 3.33. The maximum absolute atomic E-state index is 12.6. The molecule has 1 N–H and O–H groups in total. The van der Waals surface area contributed by atoms with Crippen LogP contribution in [0.1, 0.15) is 27.9 Å². The summed E-state index contributed by atoms with van der Waals surface area (Å²) in [5.74, 6) is 0.347. The van der Waals surface area contributed by atoms with Crippen molar-refractivity contribution in [2.45, 2.75) is 27.3 Å². The second kappa shape index (κ2) is 9.13. The van der Waals surface area contributed by atoms with Gasteiger partial charge in [0.1, 0.15) is 17.6 Å². The molecule has 8 heteroatoms. The third-order valence-electron chi connectivity index (χ3n) is 5.12. The second-order valence-corrected chi connectivity index (χ2v) is 7.16. The Hall–Kier alpha value is -4.12. The monoisotopic (exact) mass is 418 g/mol. The van der Waals surface area contributed by atoms with Crippen molar-refractivity contribution >= 4 is 17.4 Å². The summed E-state index contributed by atoms with van der Waals surface area (Å²) in [6, 6.07) is 16.2. The van der Waals surface area contributed by atoms with Gasteiger partial charge < -0.3 is 14.6 Å². The Bertz CT molecular complexity index is 1180. The van der Waals surface area contributed by atoms with Crippen LogP contribution in [-0.2, 0) is 11.3 Å². The van der Waals surface area contributed by atoms with E-state index < -0.39 is 10.8 Å². The van der Waals surface area contributed by atoms with E-state index in [0.717, 1.165) is 16.8 Å². The highest BCUT2D eigenvalue weighted by Crippen LogP contribution is 2.27. The van der Waals surface area contributed by atoms with E-state index in [1.54, 1.807) is 6.92 Å². The normalized spacial score (nSPS) is 10.4. The van der Waals surface area contributed by atoms with Crippen LogP contribution in [0.2, 0.25) is 0 Å². The van der Waals surface area contributed by atoms with Gasteiger partial charge in [-0.3, -0.25) is 14.9 Å². The first-order valence-corrected chi connectivity index (χ1v) is 9.63. The van der Waals surface area contributed by atoms with Crippen LogP contribution >= 0.6 is 0 Å². The minimum atomic E-state index is -0.471. The molecular weight excluding hydrogens is 396 g/mol. The molecule has 1 heterocycles. The number of anilines is 1. The minimum Gasteiger partial charge on any atom is -0.484 e. The van der Waals surface area contributed by atoms with Crippen LogP contribution in [0.3, 0.4) is 0 Å². The number of nitriles is 1. The average molecular weight is 418 g/mol. The molecule has 2 aromatic carbocycles. The van der Waals surface area contributed by atoms with E-state index in [9.17, 15) is 20.2 Å². The van der Waals surface area contributed by atoms with Gasteiger partial charge in [0.15, 0.2) is 6.61 Å². The van der Waals surface area contributed by atoms with Gasteiger partial charge in [0, 0.05) is 23.9 Å². The molecule has 1 aromatic heterocycles. The molecule has 0 saturated heterocycles. The third kappa shape index (κ3) is 4.73. The molecule has 31 heavy (non-hydrogen) atoms. The van der Waals surface area contributed by atoms with E-state index in [1.165, 1.54) is 18.2 Å². The third-order valence-corrected chi connectivity index (χ3v) is 5.12. The quantitative estimate of drug-likeness (QED) is 0.455. The van der Waals surface area contributed by atoms with Crippen LogP contribution in [0.25, 0.3) is 0 Å². The Balaban J connectivity index is 1.78. The molecular formula is C23H22N4O4. The van der Waals surface area contributed by atoms with Gasteiger partial charge in [-0.1, -0.05) is 30.3 Å². The van der Waals surface area contributed by atoms with Crippen LogP contribution < -0.4 is 10.1 Å². The fourth-order valence-corrected chi connectivity index (χ4v) is 3.33. The molecule has 0 aliphatic heterocycles. The lowest BCUT2D eigenvalue weighted by molar-refractivity contribution is -0.385. The van der Waals surface area contributed by atoms with Gasteiger partial charge in [-0.05, 0) is 44.0 Å². The number of hydrogen-bond donors (Lipinski definition) is 1. The Morgan fingerprint density at radius 2 is 1.90 bits per heavy atom. The maximum atomic E-state index is 12.6. The number of aryl methyl sites for hydroxylation is 1. The number of benzene rings is 2. The van der Waals surface area contributed by atoms with Gasteiger partial charge >= 0.3 is 0 Å². The molecule has 0 aliphatic carbocycles. The van der Waals surface area contributed by atoms with Crippen molar-refractivity contribution in [2.75, 3.05) is 11.9 Å². The van der Waals surface area contributed by atoms with Crippen LogP contribution in [-0.4, -0.2) is 22.0 Å². The van der Waals surface area contributed by atoms with E-state index in [4.69, 9.17) is 4.74 Å². The predicted octanol–water partition coefficient (Wildman–Crippen LogP) is 4.26. The van der Waals surface area contributed by atoms with Gasteiger partial charge in [0.2, 0.25) is 0 Å². The molecule has 0 bridgehead atoms. The average Bonchev–Trinajstić information content (AvgIpc) is 2.96. The molecule has 0 aliphatic rings. The van der Waals surface area contributed by atoms with E-state index in [0.29, 0.717) is 29.2 Å². The number of carbonyl (C=O) groups excluding carboxylic acids is 1. The molecule has 3 aromatic rings. The zero-order chi connectivity index (χ0) is 22.5. The molecule has 0 unspecified atom stereocenters. The first-order valence-electron chi connectivity index (χ1n) is 9.63. The second-order valence-electron chi connectivity index (χ2n) is 7.16. The van der Waals surface area contributed by atoms with Crippen molar-refractivity contribution in [3.8, 4) is 11.8 Å². The summed E-state index contributed by atoms with van der Waals surface area (Å²) in [7, 11) is 0. The molecule has 8 nitrogen and oxygen atoms in total. The molecule has 3 rings (SSSR count). The Labute approximate surface area is 179 Å². The SMILES string of the molecule is Cc1cc(OCC(=O)Nc2c(C#N)c(C)c(C)n2Cc2ccccc2)ccc1[N+](=O)[O-]. The molecule has 0 fully saturated rings. The number of nitrogens with zero attached hydrogens (tertiary/aromatic N) is 3. The van der Waals surface area contributed by atoms with Crippen molar-refractivity contribution in [3.63, 3.8) is 0 Å². The van der Waals surface area contributed by atoms with E-state index >= 15 is 0 Å². The van der Waals surface area contributed by atoms with Crippen molar-refractivity contribution in [1.29, 1.82) is 5.26 Å². The van der Waals surface area contributed by atoms with Crippen molar-refractivity contribution in [2.24, 2.45) is 0 Å². The Morgan fingerprint density at radius 1 is 1.19 bits per heavy atom. The Kier molecular flexibility index (Phi) is 6.36. The number of aromatic nitrogens is 1. The zero-order valence-electron chi connectivity index (χ0n) is 17.5. The van der Waals surface area contributed by atoms with Crippen molar-refractivity contribution in [1.82, 2.24) is 4.57 Å². The lowest BCUT2D eigenvalue weighted by Crippen LogP contribution is -2.23. The number of ether oxygens (including phenoxy) is 1. The topological polar surface area (TPSA) is 110 Å². The first kappa shape index (κ1) is 21.6. The lowest BCUT2D eigenvalue weighted by atomic mass is 10.2. The number of carbonyl (C=O) groups is 1. The van der Waals surface area contributed by atoms with Gasteiger partial charge in [-0.2, -0.15) is 5.26 Å². The molecule has 0 radical (unpaired) electrons. The summed E-state index contributed by atoms with van der Waals surface area (Å²) < 4.78 is 7.40. The van der Waals surface area contributed by atoms with E-state index in [-0.39, 0.29) is 12.3 Å². The van der Waals surface area contributed by atoms with Gasteiger partial charge in [0.25, 0.3) is 11.6 Å². The number of rotatable bonds is 7. The van der Waals surface area contributed by atoms with Gasteiger partial charge in [-0.25, -0.2) is 0 Å². The highest BCUT2D eigenvalue weighted by molar-refractivity contribution is 5.93. The summed E-state index contributed by atoms with van der Waals surface area (Å²) in [6.45, 7) is 5.57. The van der Waals surface area contributed by atoms with Crippen LogP contribution in [0.4, 0.5) is 11.5 Å². The fraction of sp³-hybridized carbons (Fsp3) is 0.217. The first-order chi connectivity index (χ1) is 14.8. The van der Waals surface area contributed by atoms with Crippen molar-refractivity contribution < 1.29 is 14.5 Å². The smallest absolute Gasteiger partial charge is 0.272 e. The van der Waals surface area contributed by atoms with Crippen LogP contribution in [0.5, 0.6) is 5.75 Å². The summed E-state index contributed by atoms with van der Waals surface area (Å²) in [4.78, 5) is 23.0. The van der Waals surface area contributed by atoms with Gasteiger partial charge in [-0.15, -0.1) is 0 Å².